The lowest BCUT2D eigenvalue weighted by atomic mass is 10.2. The molecule has 56 valence electrons. The van der Waals surface area contributed by atoms with Crippen LogP contribution in [0.2, 0.25) is 0 Å². The Balaban J connectivity index is 3.44. The molecule has 0 amide bonds. The third-order valence-corrected chi connectivity index (χ3v) is 0.987. The van der Waals surface area contributed by atoms with Gasteiger partial charge in [-0.25, -0.2) is 0 Å². The average molecular weight is 147 g/mol. The fourth-order valence-electron chi connectivity index (χ4n) is 0.466. The second kappa shape index (κ2) is 6.69. The number of aliphatic hydroxyl groups is 1. The molecule has 2 nitrogen and oxygen atoms in total. The van der Waals surface area contributed by atoms with Crippen molar-refractivity contribution >= 4 is 0 Å². The maximum atomic E-state index is 8.74. The summed E-state index contributed by atoms with van der Waals surface area (Å²) in [6.07, 6.45) is 5.75. The number of rotatable bonds is 2. The SMILES string of the molecule is C#CC(O)C#CCCCC#N. The van der Waals surface area contributed by atoms with Crippen molar-refractivity contribution in [3.63, 3.8) is 0 Å². The maximum Gasteiger partial charge on any atom is 0.176 e. The first-order valence-electron chi connectivity index (χ1n) is 3.30. The summed E-state index contributed by atoms with van der Waals surface area (Å²) in [6, 6.07) is 2.00. The summed E-state index contributed by atoms with van der Waals surface area (Å²) in [4.78, 5) is 0. The van der Waals surface area contributed by atoms with Gasteiger partial charge in [-0.15, -0.1) is 6.42 Å². The van der Waals surface area contributed by atoms with Gasteiger partial charge in [0.25, 0.3) is 0 Å². The van der Waals surface area contributed by atoms with Crippen LogP contribution in [0.1, 0.15) is 19.3 Å². The van der Waals surface area contributed by atoms with E-state index in [1.54, 1.807) is 0 Å². The second-order valence-corrected chi connectivity index (χ2v) is 1.90. The van der Waals surface area contributed by atoms with E-state index in [2.05, 4.69) is 17.8 Å². The van der Waals surface area contributed by atoms with Crippen molar-refractivity contribution in [2.75, 3.05) is 0 Å². The first kappa shape index (κ1) is 9.57. The first-order valence-corrected chi connectivity index (χ1v) is 3.30. The van der Waals surface area contributed by atoms with E-state index >= 15 is 0 Å². The van der Waals surface area contributed by atoms with Gasteiger partial charge in [0.2, 0.25) is 0 Å². The van der Waals surface area contributed by atoms with Gasteiger partial charge in [0.15, 0.2) is 6.10 Å². The van der Waals surface area contributed by atoms with Gasteiger partial charge in [-0.2, -0.15) is 5.26 Å². The number of aliphatic hydroxyl groups excluding tert-OH is 1. The fraction of sp³-hybridized carbons (Fsp3) is 0.444. The molecule has 0 aliphatic rings. The van der Waals surface area contributed by atoms with Crippen LogP contribution in [0.3, 0.4) is 0 Å². The molecule has 1 N–H and O–H groups in total. The first-order chi connectivity index (χ1) is 5.31. The normalized spacial score (nSPS) is 10.1. The van der Waals surface area contributed by atoms with Crippen LogP contribution in [0.5, 0.6) is 0 Å². The standard InChI is InChI=1S/C9H9NO/c1-2-9(11)7-5-3-4-6-8-10/h1,9,11H,3-4,6H2. The number of unbranched alkanes of at least 4 members (excludes halogenated alkanes) is 2. The second-order valence-electron chi connectivity index (χ2n) is 1.90. The predicted octanol–water partition coefficient (Wildman–Crippen LogP) is 0.678. The topological polar surface area (TPSA) is 44.0 Å². The van der Waals surface area contributed by atoms with Gasteiger partial charge in [-0.05, 0) is 6.42 Å². The highest BCUT2D eigenvalue weighted by Crippen LogP contribution is 1.90. The third-order valence-electron chi connectivity index (χ3n) is 0.987. The zero-order valence-electron chi connectivity index (χ0n) is 6.17. The molecule has 0 aromatic carbocycles. The molecule has 0 aromatic heterocycles. The minimum atomic E-state index is -0.961. The van der Waals surface area contributed by atoms with Crippen molar-refractivity contribution in [3.8, 4) is 30.3 Å². The molecule has 0 saturated heterocycles. The van der Waals surface area contributed by atoms with E-state index in [0.29, 0.717) is 12.8 Å². The van der Waals surface area contributed by atoms with E-state index in [9.17, 15) is 0 Å². The number of terminal acetylenes is 1. The van der Waals surface area contributed by atoms with Gasteiger partial charge in [0, 0.05) is 12.8 Å². The summed E-state index contributed by atoms with van der Waals surface area (Å²) in [7, 11) is 0. The Kier molecular flexibility index (Phi) is 5.82. The molecule has 0 aliphatic heterocycles. The summed E-state index contributed by atoms with van der Waals surface area (Å²) in [5.74, 6) is 7.20. The van der Waals surface area contributed by atoms with Crippen molar-refractivity contribution in [2.24, 2.45) is 0 Å². The zero-order valence-corrected chi connectivity index (χ0v) is 6.17. The van der Waals surface area contributed by atoms with Gasteiger partial charge in [0.1, 0.15) is 0 Å². The highest BCUT2D eigenvalue weighted by molar-refractivity contribution is 5.15. The van der Waals surface area contributed by atoms with Crippen molar-refractivity contribution in [1.29, 1.82) is 5.26 Å². The van der Waals surface area contributed by atoms with Gasteiger partial charge in [-0.3, -0.25) is 0 Å². The van der Waals surface area contributed by atoms with E-state index in [0.717, 1.165) is 6.42 Å². The lowest BCUT2D eigenvalue weighted by Crippen LogP contribution is -1.95. The van der Waals surface area contributed by atoms with Crippen LogP contribution in [0.15, 0.2) is 0 Å². The molecular weight excluding hydrogens is 138 g/mol. The molecule has 0 heterocycles. The average Bonchev–Trinajstić information content (AvgIpc) is 2.04. The monoisotopic (exact) mass is 147 g/mol. The Morgan fingerprint density at radius 2 is 2.18 bits per heavy atom. The van der Waals surface area contributed by atoms with Gasteiger partial charge in [0.05, 0.1) is 6.07 Å². The van der Waals surface area contributed by atoms with E-state index in [1.807, 2.05) is 6.07 Å². The Bertz CT molecular complexity index is 233. The number of hydrogen-bond donors (Lipinski definition) is 1. The summed E-state index contributed by atoms with van der Waals surface area (Å²) in [6.45, 7) is 0. The van der Waals surface area contributed by atoms with Crippen LogP contribution in [-0.2, 0) is 0 Å². The van der Waals surface area contributed by atoms with Gasteiger partial charge in [-0.1, -0.05) is 17.8 Å². The molecule has 11 heavy (non-hydrogen) atoms. The molecule has 0 rings (SSSR count). The van der Waals surface area contributed by atoms with Crippen molar-refractivity contribution in [3.05, 3.63) is 0 Å². The predicted molar refractivity (Wildman–Crippen MR) is 42.1 cm³/mol. The van der Waals surface area contributed by atoms with E-state index in [-0.39, 0.29) is 0 Å². The summed E-state index contributed by atoms with van der Waals surface area (Å²) >= 11 is 0. The lowest BCUT2D eigenvalue weighted by Gasteiger charge is -1.86. The van der Waals surface area contributed by atoms with Crippen molar-refractivity contribution < 1.29 is 5.11 Å². The molecular formula is C9H9NO. The smallest absolute Gasteiger partial charge is 0.176 e. The molecule has 1 atom stereocenters. The molecule has 0 radical (unpaired) electrons. The molecule has 0 spiro atoms. The molecule has 0 aliphatic carbocycles. The maximum absolute atomic E-state index is 8.74. The van der Waals surface area contributed by atoms with Crippen LogP contribution >= 0.6 is 0 Å². The largest absolute Gasteiger partial charge is 0.369 e. The molecule has 0 saturated carbocycles. The minimum absolute atomic E-state index is 0.501. The third kappa shape index (κ3) is 6.46. The highest BCUT2D eigenvalue weighted by atomic mass is 16.3. The Morgan fingerprint density at radius 3 is 2.73 bits per heavy atom. The van der Waals surface area contributed by atoms with Crippen LogP contribution in [0.4, 0.5) is 0 Å². The number of hydrogen-bond acceptors (Lipinski definition) is 2. The zero-order chi connectivity index (χ0) is 8.53. The lowest BCUT2D eigenvalue weighted by molar-refractivity contribution is 0.289. The van der Waals surface area contributed by atoms with Gasteiger partial charge < -0.3 is 5.11 Å². The van der Waals surface area contributed by atoms with Crippen LogP contribution < -0.4 is 0 Å². The Labute approximate surface area is 66.8 Å². The van der Waals surface area contributed by atoms with Crippen LogP contribution in [0, 0.1) is 35.5 Å². The van der Waals surface area contributed by atoms with E-state index in [1.165, 1.54) is 0 Å². The quantitative estimate of drug-likeness (QED) is 0.461. The summed E-state index contributed by atoms with van der Waals surface area (Å²) < 4.78 is 0. The fourth-order valence-corrected chi connectivity index (χ4v) is 0.466. The van der Waals surface area contributed by atoms with Crippen molar-refractivity contribution in [1.82, 2.24) is 0 Å². The Hall–Kier alpha value is -1.43. The summed E-state index contributed by atoms with van der Waals surface area (Å²) in [5, 5.41) is 16.9. The number of nitrogens with zero attached hydrogens (tertiary/aromatic N) is 1. The molecule has 0 fully saturated rings. The summed E-state index contributed by atoms with van der Waals surface area (Å²) in [5.41, 5.74) is 0. The molecule has 2 heteroatoms. The molecule has 1 unspecified atom stereocenters. The van der Waals surface area contributed by atoms with Gasteiger partial charge >= 0.3 is 0 Å². The number of nitriles is 1. The molecule has 0 aromatic rings. The Morgan fingerprint density at radius 1 is 1.45 bits per heavy atom. The van der Waals surface area contributed by atoms with E-state index in [4.69, 9.17) is 16.8 Å². The molecule has 0 bridgehead atoms. The highest BCUT2D eigenvalue weighted by Gasteiger charge is 1.86. The van der Waals surface area contributed by atoms with Crippen LogP contribution in [0.25, 0.3) is 0 Å². The minimum Gasteiger partial charge on any atom is -0.369 e. The van der Waals surface area contributed by atoms with Crippen molar-refractivity contribution in [2.45, 2.75) is 25.4 Å². The van der Waals surface area contributed by atoms with Crippen LogP contribution in [-0.4, -0.2) is 11.2 Å². The van der Waals surface area contributed by atoms with E-state index < -0.39 is 6.10 Å².